The van der Waals surface area contributed by atoms with E-state index in [-0.39, 0.29) is 24.0 Å². The van der Waals surface area contributed by atoms with E-state index in [0.717, 1.165) is 25.0 Å². The van der Waals surface area contributed by atoms with Crippen LogP contribution in [-0.4, -0.2) is 74.2 Å². The Balaban J connectivity index is 0.00000312. The van der Waals surface area contributed by atoms with Crippen LogP contribution in [0.2, 0.25) is 0 Å². The molecule has 2 N–H and O–H groups in total. The summed E-state index contributed by atoms with van der Waals surface area (Å²) < 4.78 is 0. The highest BCUT2D eigenvalue weighted by molar-refractivity contribution is 14.0. The fraction of sp³-hybridized carbons (Fsp3) is 0.947. The molecule has 5 nitrogen and oxygen atoms in total. The summed E-state index contributed by atoms with van der Waals surface area (Å²) >= 11 is 0. The summed E-state index contributed by atoms with van der Waals surface area (Å²) in [5.41, 5.74) is 0. The molecule has 25 heavy (non-hydrogen) atoms. The Hall–Kier alpha value is -0.0800. The van der Waals surface area contributed by atoms with Gasteiger partial charge in [0.2, 0.25) is 0 Å². The molecule has 0 saturated carbocycles. The molecular weight excluding hydrogens is 425 g/mol. The minimum absolute atomic E-state index is 0. The van der Waals surface area contributed by atoms with Crippen LogP contribution in [0.25, 0.3) is 0 Å². The summed E-state index contributed by atoms with van der Waals surface area (Å²) in [4.78, 5) is 9.61. The molecule has 2 saturated heterocycles. The van der Waals surface area contributed by atoms with E-state index in [9.17, 15) is 0 Å². The maximum atomic E-state index is 4.45. The van der Waals surface area contributed by atoms with Crippen molar-refractivity contribution in [3.05, 3.63) is 0 Å². The summed E-state index contributed by atoms with van der Waals surface area (Å²) in [6.07, 6.45) is 3.89. The highest BCUT2D eigenvalue weighted by Gasteiger charge is 2.31. The number of likely N-dealkylation sites (tertiary alicyclic amines) is 2. The maximum Gasteiger partial charge on any atom is 0.191 e. The number of hydrogen-bond acceptors (Lipinski definition) is 3. The van der Waals surface area contributed by atoms with Crippen LogP contribution < -0.4 is 10.6 Å². The Kier molecular flexibility index (Phi) is 10.6. The molecule has 2 unspecified atom stereocenters. The van der Waals surface area contributed by atoms with E-state index in [4.69, 9.17) is 0 Å². The Labute approximate surface area is 172 Å². The largest absolute Gasteiger partial charge is 0.356 e. The highest BCUT2D eigenvalue weighted by atomic mass is 127. The molecule has 0 amide bonds. The summed E-state index contributed by atoms with van der Waals surface area (Å²) in [5, 5.41) is 7.24. The van der Waals surface area contributed by atoms with E-state index in [1.165, 1.54) is 45.4 Å². The Morgan fingerprint density at radius 3 is 2.40 bits per heavy atom. The molecule has 2 heterocycles. The standard InChI is InChI=1S/C19H39N5.HI/c1-6-9-23-10-7-17(8-11-23)12-21-19(20-5)22-18-14-24(15(2)3)13-16(18)4;/h15-18H,6-14H2,1-5H3,(H2,20,21,22);1H. The van der Waals surface area contributed by atoms with Crippen molar-refractivity contribution >= 4 is 29.9 Å². The van der Waals surface area contributed by atoms with Gasteiger partial charge in [-0.05, 0) is 64.6 Å². The Bertz CT molecular complexity index is 393. The van der Waals surface area contributed by atoms with Crippen LogP contribution in [0.4, 0.5) is 0 Å². The van der Waals surface area contributed by atoms with Gasteiger partial charge in [-0.2, -0.15) is 0 Å². The Morgan fingerprint density at radius 2 is 1.88 bits per heavy atom. The number of piperidine rings is 1. The lowest BCUT2D eigenvalue weighted by atomic mass is 9.97. The zero-order chi connectivity index (χ0) is 17.5. The fourth-order valence-corrected chi connectivity index (χ4v) is 3.96. The van der Waals surface area contributed by atoms with E-state index < -0.39 is 0 Å². The van der Waals surface area contributed by atoms with Gasteiger partial charge in [-0.15, -0.1) is 24.0 Å². The molecule has 0 aromatic rings. The first-order valence-electron chi connectivity index (χ1n) is 9.97. The molecule has 6 heteroatoms. The predicted molar refractivity (Wildman–Crippen MR) is 119 cm³/mol. The van der Waals surface area contributed by atoms with Crippen LogP contribution in [0.5, 0.6) is 0 Å². The van der Waals surface area contributed by atoms with Crippen LogP contribution in [0.3, 0.4) is 0 Å². The minimum atomic E-state index is 0. The average Bonchev–Trinajstić information content (AvgIpc) is 2.94. The van der Waals surface area contributed by atoms with Gasteiger partial charge in [0.25, 0.3) is 0 Å². The lowest BCUT2D eigenvalue weighted by molar-refractivity contribution is 0.185. The number of nitrogens with zero attached hydrogens (tertiary/aromatic N) is 3. The molecule has 0 aromatic heterocycles. The lowest BCUT2D eigenvalue weighted by Gasteiger charge is -2.32. The van der Waals surface area contributed by atoms with Gasteiger partial charge in [0, 0.05) is 38.8 Å². The van der Waals surface area contributed by atoms with Crippen LogP contribution in [0.15, 0.2) is 4.99 Å². The van der Waals surface area contributed by atoms with Gasteiger partial charge in [0.05, 0.1) is 0 Å². The smallest absolute Gasteiger partial charge is 0.191 e. The van der Waals surface area contributed by atoms with Crippen molar-refractivity contribution in [1.82, 2.24) is 20.4 Å². The molecule has 2 fully saturated rings. The van der Waals surface area contributed by atoms with Crippen molar-refractivity contribution in [3.63, 3.8) is 0 Å². The monoisotopic (exact) mass is 465 g/mol. The van der Waals surface area contributed by atoms with Gasteiger partial charge in [-0.1, -0.05) is 13.8 Å². The summed E-state index contributed by atoms with van der Waals surface area (Å²) in [6.45, 7) is 16.3. The quantitative estimate of drug-likeness (QED) is 0.360. The topological polar surface area (TPSA) is 42.9 Å². The number of hydrogen-bond donors (Lipinski definition) is 2. The van der Waals surface area contributed by atoms with E-state index in [2.05, 4.69) is 53.1 Å². The van der Waals surface area contributed by atoms with E-state index in [0.29, 0.717) is 18.0 Å². The van der Waals surface area contributed by atoms with E-state index in [1.54, 1.807) is 0 Å². The van der Waals surface area contributed by atoms with Crippen LogP contribution in [-0.2, 0) is 0 Å². The Morgan fingerprint density at radius 1 is 1.20 bits per heavy atom. The summed E-state index contributed by atoms with van der Waals surface area (Å²) in [6, 6.07) is 1.13. The third-order valence-corrected chi connectivity index (χ3v) is 5.72. The number of aliphatic imine (C=N–C) groups is 1. The maximum absolute atomic E-state index is 4.45. The van der Waals surface area contributed by atoms with Crippen molar-refractivity contribution in [3.8, 4) is 0 Å². The van der Waals surface area contributed by atoms with Gasteiger partial charge >= 0.3 is 0 Å². The van der Waals surface area contributed by atoms with Crippen LogP contribution >= 0.6 is 24.0 Å². The normalized spacial score (nSPS) is 26.7. The van der Waals surface area contributed by atoms with E-state index in [1.807, 2.05) is 7.05 Å². The van der Waals surface area contributed by atoms with Crippen LogP contribution in [0, 0.1) is 11.8 Å². The molecular formula is C19H40IN5. The van der Waals surface area contributed by atoms with Crippen molar-refractivity contribution in [2.45, 2.75) is 59.0 Å². The molecule has 0 spiro atoms. The first kappa shape index (κ1) is 23.0. The van der Waals surface area contributed by atoms with E-state index >= 15 is 0 Å². The molecule has 0 aromatic carbocycles. The molecule has 2 rings (SSSR count). The average molecular weight is 465 g/mol. The first-order valence-corrected chi connectivity index (χ1v) is 9.97. The van der Waals surface area contributed by atoms with Crippen molar-refractivity contribution in [1.29, 1.82) is 0 Å². The second-order valence-corrected chi connectivity index (χ2v) is 8.01. The lowest BCUT2D eigenvalue weighted by Crippen LogP contribution is -2.48. The highest BCUT2D eigenvalue weighted by Crippen LogP contribution is 2.19. The predicted octanol–water partition coefficient (Wildman–Crippen LogP) is 2.62. The fourth-order valence-electron chi connectivity index (χ4n) is 3.96. The first-order chi connectivity index (χ1) is 11.5. The van der Waals surface area contributed by atoms with Gasteiger partial charge in [0.15, 0.2) is 5.96 Å². The molecule has 2 aliphatic rings. The molecule has 0 aliphatic carbocycles. The summed E-state index contributed by atoms with van der Waals surface area (Å²) in [7, 11) is 1.89. The third-order valence-electron chi connectivity index (χ3n) is 5.72. The zero-order valence-corrected chi connectivity index (χ0v) is 19.3. The van der Waals surface area contributed by atoms with Gasteiger partial charge in [-0.3, -0.25) is 9.89 Å². The van der Waals surface area contributed by atoms with Gasteiger partial charge < -0.3 is 15.5 Å². The number of nitrogens with one attached hydrogen (secondary N) is 2. The number of guanidine groups is 1. The van der Waals surface area contributed by atoms with Gasteiger partial charge in [-0.25, -0.2) is 0 Å². The summed E-state index contributed by atoms with van der Waals surface area (Å²) in [5.74, 6) is 2.43. The number of halogens is 1. The minimum Gasteiger partial charge on any atom is -0.356 e. The second kappa shape index (κ2) is 11.6. The number of rotatable bonds is 6. The van der Waals surface area contributed by atoms with Crippen molar-refractivity contribution in [2.24, 2.45) is 16.8 Å². The second-order valence-electron chi connectivity index (χ2n) is 8.01. The third kappa shape index (κ3) is 7.21. The van der Waals surface area contributed by atoms with Gasteiger partial charge in [0.1, 0.15) is 0 Å². The molecule has 2 atom stereocenters. The molecule has 2 aliphatic heterocycles. The molecule has 148 valence electrons. The van der Waals surface area contributed by atoms with Crippen molar-refractivity contribution in [2.75, 3.05) is 46.3 Å². The molecule has 0 radical (unpaired) electrons. The zero-order valence-electron chi connectivity index (χ0n) is 16.9. The van der Waals surface area contributed by atoms with Crippen molar-refractivity contribution < 1.29 is 0 Å². The SMILES string of the molecule is CCCN1CCC(CNC(=NC)NC2CN(C(C)C)CC2C)CC1.I. The van der Waals surface area contributed by atoms with Crippen LogP contribution in [0.1, 0.15) is 47.0 Å². The molecule has 0 bridgehead atoms.